The molecule has 0 unspecified atom stereocenters. The van der Waals surface area contributed by atoms with Crippen molar-refractivity contribution in [3.05, 3.63) is 63.8 Å². The number of rotatable bonds is 6. The normalized spacial score (nSPS) is 15.1. The number of thioether (sulfide) groups is 1. The number of anilines is 1. The Bertz CT molecular complexity index is 1050. The van der Waals surface area contributed by atoms with Crippen LogP contribution < -0.4 is 15.4 Å². The lowest BCUT2D eigenvalue weighted by atomic mass is 10.2. The van der Waals surface area contributed by atoms with Gasteiger partial charge in [-0.2, -0.15) is 8.78 Å². The Labute approximate surface area is 184 Å². The summed E-state index contributed by atoms with van der Waals surface area (Å²) in [6, 6.07) is 10.2. The van der Waals surface area contributed by atoms with Crippen LogP contribution in [0.5, 0.6) is 5.75 Å². The second-order valence-electron chi connectivity index (χ2n) is 5.86. The number of carbonyl (C=O) groups is 2. The first kappa shape index (κ1) is 22.1. The van der Waals surface area contributed by atoms with Crippen LogP contribution in [-0.2, 0) is 9.59 Å². The number of benzene rings is 2. The Balaban J connectivity index is 1.95. The highest BCUT2D eigenvalue weighted by atomic mass is 35.5. The van der Waals surface area contributed by atoms with Crippen LogP contribution in [0, 0.1) is 0 Å². The Kier molecular flexibility index (Phi) is 6.96. The van der Waals surface area contributed by atoms with Gasteiger partial charge in [-0.05, 0) is 48.0 Å². The van der Waals surface area contributed by atoms with Crippen LogP contribution in [-0.4, -0.2) is 29.3 Å². The van der Waals surface area contributed by atoms with Gasteiger partial charge in [-0.3, -0.25) is 14.5 Å². The van der Waals surface area contributed by atoms with Gasteiger partial charge >= 0.3 is 6.61 Å². The average molecular weight is 472 g/mol. The molecule has 6 nitrogen and oxygen atoms in total. The van der Waals surface area contributed by atoms with Crippen LogP contribution >= 0.6 is 35.0 Å². The zero-order valence-corrected chi connectivity index (χ0v) is 17.3. The topological polar surface area (TPSA) is 85.0 Å². The predicted molar refractivity (Wildman–Crippen MR) is 114 cm³/mol. The number of carbonyl (C=O) groups excluding carboxylic acids is 2. The Morgan fingerprint density at radius 2 is 1.93 bits per heavy atom. The number of ether oxygens (including phenoxy) is 1. The number of amidine groups is 1. The molecule has 2 aromatic carbocycles. The van der Waals surface area contributed by atoms with Crippen molar-refractivity contribution in [2.75, 3.05) is 10.7 Å². The van der Waals surface area contributed by atoms with Gasteiger partial charge < -0.3 is 10.5 Å². The second kappa shape index (κ2) is 9.46. The molecule has 156 valence electrons. The van der Waals surface area contributed by atoms with Gasteiger partial charge in [0, 0.05) is 10.0 Å². The molecule has 0 aliphatic carbocycles. The highest BCUT2D eigenvalue weighted by Gasteiger charge is 2.32. The predicted octanol–water partition coefficient (Wildman–Crippen LogP) is 4.56. The summed E-state index contributed by atoms with van der Waals surface area (Å²) in [4.78, 5) is 29.7. The lowest BCUT2D eigenvalue weighted by molar-refractivity contribution is -0.115. The summed E-state index contributed by atoms with van der Waals surface area (Å²) >= 11 is 13.0. The number of alkyl halides is 2. The minimum absolute atomic E-state index is 0.0626. The van der Waals surface area contributed by atoms with E-state index in [-0.39, 0.29) is 22.4 Å². The van der Waals surface area contributed by atoms with Crippen LogP contribution in [0.1, 0.15) is 5.56 Å². The van der Waals surface area contributed by atoms with E-state index >= 15 is 0 Å². The van der Waals surface area contributed by atoms with Crippen molar-refractivity contribution < 1.29 is 23.1 Å². The van der Waals surface area contributed by atoms with Crippen molar-refractivity contribution >= 4 is 63.7 Å². The van der Waals surface area contributed by atoms with E-state index < -0.39 is 18.4 Å². The van der Waals surface area contributed by atoms with Gasteiger partial charge in [0.05, 0.1) is 11.4 Å². The summed E-state index contributed by atoms with van der Waals surface area (Å²) in [5, 5.41) is 0.975. The molecule has 0 spiro atoms. The van der Waals surface area contributed by atoms with E-state index in [0.29, 0.717) is 21.3 Å². The fourth-order valence-electron chi connectivity index (χ4n) is 2.50. The summed E-state index contributed by atoms with van der Waals surface area (Å²) in [6.45, 7) is -2.97. The molecule has 1 aliphatic rings. The highest BCUT2D eigenvalue weighted by Crippen LogP contribution is 2.32. The van der Waals surface area contributed by atoms with Crippen LogP contribution in [0.4, 0.5) is 14.5 Å². The van der Waals surface area contributed by atoms with Gasteiger partial charge in [0.25, 0.3) is 5.91 Å². The first-order chi connectivity index (χ1) is 14.2. The fraction of sp³-hybridized carbons (Fsp3) is 0.105. The quantitative estimate of drug-likeness (QED) is 0.625. The van der Waals surface area contributed by atoms with E-state index in [0.717, 1.165) is 11.8 Å². The Morgan fingerprint density at radius 3 is 2.53 bits per heavy atom. The van der Waals surface area contributed by atoms with Crippen molar-refractivity contribution in [1.82, 2.24) is 0 Å². The number of nitrogens with zero attached hydrogens (tertiary/aromatic N) is 2. The lowest BCUT2D eigenvalue weighted by Crippen LogP contribution is -2.31. The molecule has 1 heterocycles. The largest absolute Gasteiger partial charge is 0.435 e. The SMILES string of the molecule is NC(=O)CSC1=N/C(=C\c2ccc(Cl)cc2Cl)C(=O)N1c1ccc(OC(F)F)cc1. The number of hydrogen-bond donors (Lipinski definition) is 1. The summed E-state index contributed by atoms with van der Waals surface area (Å²) in [6.07, 6.45) is 1.49. The summed E-state index contributed by atoms with van der Waals surface area (Å²) in [5.41, 5.74) is 6.14. The van der Waals surface area contributed by atoms with E-state index in [9.17, 15) is 18.4 Å². The first-order valence-electron chi connectivity index (χ1n) is 8.30. The highest BCUT2D eigenvalue weighted by molar-refractivity contribution is 8.14. The third-order valence-corrected chi connectivity index (χ3v) is 5.27. The molecule has 30 heavy (non-hydrogen) atoms. The van der Waals surface area contributed by atoms with E-state index in [2.05, 4.69) is 9.73 Å². The number of amides is 2. The van der Waals surface area contributed by atoms with Crippen molar-refractivity contribution in [2.45, 2.75) is 6.61 Å². The molecule has 0 atom stereocenters. The monoisotopic (exact) mass is 471 g/mol. The molecule has 0 bridgehead atoms. The zero-order chi connectivity index (χ0) is 21.8. The van der Waals surface area contributed by atoms with Gasteiger partial charge in [-0.25, -0.2) is 4.99 Å². The van der Waals surface area contributed by atoms with Gasteiger partial charge in [0.1, 0.15) is 11.4 Å². The number of nitrogens with two attached hydrogens (primary N) is 1. The third-order valence-electron chi connectivity index (χ3n) is 3.75. The van der Waals surface area contributed by atoms with Crippen molar-refractivity contribution in [3.63, 3.8) is 0 Å². The molecular weight excluding hydrogens is 459 g/mol. The van der Waals surface area contributed by atoms with Crippen molar-refractivity contribution in [1.29, 1.82) is 0 Å². The molecule has 2 N–H and O–H groups in total. The smallest absolute Gasteiger partial charge is 0.387 e. The average Bonchev–Trinajstić information content (AvgIpc) is 2.98. The fourth-order valence-corrected chi connectivity index (χ4v) is 3.71. The Hall–Kier alpha value is -2.62. The molecule has 0 aromatic heterocycles. The zero-order valence-electron chi connectivity index (χ0n) is 15.0. The molecule has 1 aliphatic heterocycles. The van der Waals surface area contributed by atoms with E-state index in [1.54, 1.807) is 12.1 Å². The minimum atomic E-state index is -2.97. The molecule has 3 rings (SSSR count). The van der Waals surface area contributed by atoms with Gasteiger partial charge in [0.2, 0.25) is 5.91 Å². The van der Waals surface area contributed by atoms with Crippen LogP contribution in [0.3, 0.4) is 0 Å². The van der Waals surface area contributed by atoms with Crippen LogP contribution in [0.25, 0.3) is 6.08 Å². The number of primary amides is 1. The number of halogens is 4. The molecule has 11 heteroatoms. The molecule has 0 radical (unpaired) electrons. The van der Waals surface area contributed by atoms with Crippen LogP contribution in [0.15, 0.2) is 53.2 Å². The molecule has 0 saturated carbocycles. The van der Waals surface area contributed by atoms with Crippen molar-refractivity contribution in [3.8, 4) is 5.75 Å². The lowest BCUT2D eigenvalue weighted by Gasteiger charge is -2.18. The maximum atomic E-state index is 13.0. The molecule has 2 aromatic rings. The summed E-state index contributed by atoms with van der Waals surface area (Å²) < 4.78 is 29.0. The molecular formula is C19H13Cl2F2N3O3S. The van der Waals surface area contributed by atoms with E-state index in [1.165, 1.54) is 41.3 Å². The van der Waals surface area contributed by atoms with E-state index in [1.807, 2.05) is 0 Å². The summed E-state index contributed by atoms with van der Waals surface area (Å²) in [7, 11) is 0. The maximum absolute atomic E-state index is 13.0. The number of hydrogen-bond acceptors (Lipinski definition) is 5. The molecule has 2 amide bonds. The van der Waals surface area contributed by atoms with Gasteiger partial charge in [-0.1, -0.05) is 41.0 Å². The maximum Gasteiger partial charge on any atom is 0.387 e. The van der Waals surface area contributed by atoms with Crippen LogP contribution in [0.2, 0.25) is 10.0 Å². The standard InChI is InChI=1S/C19H13Cl2F2N3O3S/c20-11-2-1-10(14(21)8-11)7-15-17(28)26(19(25-15)30-9-16(24)27)12-3-5-13(6-4-12)29-18(22)23/h1-8,18H,9H2,(H2,24,27)/b15-7-. The third kappa shape index (κ3) is 5.29. The minimum Gasteiger partial charge on any atom is -0.435 e. The molecule has 0 fully saturated rings. The Morgan fingerprint density at radius 1 is 1.23 bits per heavy atom. The molecule has 0 saturated heterocycles. The van der Waals surface area contributed by atoms with Gasteiger partial charge in [0.15, 0.2) is 5.17 Å². The first-order valence-corrected chi connectivity index (χ1v) is 10.0. The second-order valence-corrected chi connectivity index (χ2v) is 7.64. The van der Waals surface area contributed by atoms with E-state index in [4.69, 9.17) is 28.9 Å². The van der Waals surface area contributed by atoms with Gasteiger partial charge in [-0.15, -0.1) is 0 Å². The number of aliphatic imine (C=N–C) groups is 1. The summed E-state index contributed by atoms with van der Waals surface area (Å²) in [5.74, 6) is -1.25. The van der Waals surface area contributed by atoms with Crippen molar-refractivity contribution in [2.24, 2.45) is 10.7 Å².